The number of carbonyl (C=O) groups is 3. The zero-order chi connectivity index (χ0) is 16.2. The number of carbonyl (C=O) groups excluding carboxylic acids is 3. The highest BCUT2D eigenvalue weighted by atomic mass is 16.6. The van der Waals surface area contributed by atoms with Gasteiger partial charge in [0.2, 0.25) is 0 Å². The smallest absolute Gasteiger partial charge is 0.309 e. The fourth-order valence-electron chi connectivity index (χ4n) is 4.61. The van der Waals surface area contributed by atoms with Crippen molar-refractivity contribution >= 4 is 17.7 Å². The molecule has 5 heteroatoms. The predicted octanol–water partition coefficient (Wildman–Crippen LogP) is 1.90. The van der Waals surface area contributed by atoms with Crippen LogP contribution in [0.5, 0.6) is 0 Å². The molecule has 1 saturated heterocycles. The Morgan fingerprint density at radius 2 is 2.05 bits per heavy atom. The maximum atomic E-state index is 12.6. The van der Waals surface area contributed by atoms with Crippen LogP contribution in [-0.2, 0) is 23.9 Å². The van der Waals surface area contributed by atoms with Crippen molar-refractivity contribution in [2.45, 2.75) is 46.3 Å². The fourth-order valence-corrected chi connectivity index (χ4v) is 4.61. The minimum absolute atomic E-state index is 0.000789. The number of ketones is 1. The minimum Gasteiger partial charge on any atom is -0.462 e. The SMILES string of the molecule is CC(=O)O[C@H]1[C@@H]2[C@H](C)C(=O)O[C@@H]2C[C@H](C)[C@@H]2C=CC(=O)[C@]21C. The molecule has 2 fully saturated rings. The van der Waals surface area contributed by atoms with E-state index in [4.69, 9.17) is 9.47 Å². The lowest BCUT2D eigenvalue weighted by atomic mass is 9.66. The Morgan fingerprint density at radius 3 is 2.68 bits per heavy atom. The number of fused-ring (bicyclic) bond motifs is 2. The molecule has 0 unspecified atom stereocenters. The summed E-state index contributed by atoms with van der Waals surface area (Å²) in [5, 5.41) is 0. The third-order valence-corrected chi connectivity index (χ3v) is 5.77. The van der Waals surface area contributed by atoms with Gasteiger partial charge < -0.3 is 9.47 Å². The topological polar surface area (TPSA) is 69.7 Å². The summed E-state index contributed by atoms with van der Waals surface area (Å²) < 4.78 is 11.1. The fraction of sp³-hybridized carbons (Fsp3) is 0.706. The van der Waals surface area contributed by atoms with E-state index in [9.17, 15) is 14.4 Å². The van der Waals surface area contributed by atoms with Crippen LogP contribution in [-0.4, -0.2) is 29.9 Å². The molecule has 1 saturated carbocycles. The molecule has 5 nitrogen and oxygen atoms in total. The summed E-state index contributed by atoms with van der Waals surface area (Å²) >= 11 is 0. The largest absolute Gasteiger partial charge is 0.462 e. The molecule has 2 aliphatic carbocycles. The molecule has 0 bridgehead atoms. The van der Waals surface area contributed by atoms with Gasteiger partial charge in [0, 0.05) is 12.8 Å². The molecule has 0 aromatic carbocycles. The highest BCUT2D eigenvalue weighted by Crippen LogP contribution is 2.54. The van der Waals surface area contributed by atoms with Crippen molar-refractivity contribution in [1.82, 2.24) is 0 Å². The predicted molar refractivity (Wildman–Crippen MR) is 77.6 cm³/mol. The van der Waals surface area contributed by atoms with Crippen LogP contribution in [0.25, 0.3) is 0 Å². The first-order valence-corrected chi connectivity index (χ1v) is 7.87. The summed E-state index contributed by atoms with van der Waals surface area (Å²) in [7, 11) is 0. The van der Waals surface area contributed by atoms with Gasteiger partial charge in [0.1, 0.15) is 12.2 Å². The maximum Gasteiger partial charge on any atom is 0.309 e. The van der Waals surface area contributed by atoms with Crippen molar-refractivity contribution in [2.24, 2.45) is 29.1 Å². The first-order valence-electron chi connectivity index (χ1n) is 7.87. The zero-order valence-corrected chi connectivity index (χ0v) is 13.4. The molecule has 0 aromatic heterocycles. The number of esters is 2. The van der Waals surface area contributed by atoms with Crippen LogP contribution >= 0.6 is 0 Å². The molecular weight excluding hydrogens is 284 g/mol. The second kappa shape index (κ2) is 4.93. The summed E-state index contributed by atoms with van der Waals surface area (Å²) in [6.07, 6.45) is 3.30. The molecule has 3 aliphatic rings. The monoisotopic (exact) mass is 306 g/mol. The molecule has 22 heavy (non-hydrogen) atoms. The van der Waals surface area contributed by atoms with E-state index in [1.165, 1.54) is 6.92 Å². The van der Waals surface area contributed by atoms with Crippen LogP contribution in [0.1, 0.15) is 34.1 Å². The summed E-state index contributed by atoms with van der Waals surface area (Å²) in [5.74, 6) is -1.17. The van der Waals surface area contributed by atoms with E-state index in [0.717, 1.165) is 0 Å². The Morgan fingerprint density at radius 1 is 1.36 bits per heavy atom. The standard InChI is InChI=1S/C17H22O5/c1-8-7-12-14(9(2)16(20)22-12)15(21-10(3)18)17(4)11(8)5-6-13(17)19/h5-6,8-9,11-12,14-15H,7H2,1-4H3/t8-,9-,11-,12+,14+,15-,17-/m0/s1. The molecule has 0 aromatic rings. The molecule has 0 amide bonds. The lowest BCUT2D eigenvalue weighted by Crippen LogP contribution is -2.50. The first kappa shape index (κ1) is 15.3. The summed E-state index contributed by atoms with van der Waals surface area (Å²) in [6.45, 7) is 7.07. The number of allylic oxidation sites excluding steroid dienone is 2. The van der Waals surface area contributed by atoms with Gasteiger partial charge in [-0.25, -0.2) is 0 Å². The van der Waals surface area contributed by atoms with Crippen molar-refractivity contribution in [1.29, 1.82) is 0 Å². The van der Waals surface area contributed by atoms with Gasteiger partial charge in [-0.3, -0.25) is 14.4 Å². The maximum absolute atomic E-state index is 12.6. The molecular formula is C17H22O5. The van der Waals surface area contributed by atoms with Crippen molar-refractivity contribution in [3.8, 4) is 0 Å². The average Bonchev–Trinajstić information content (AvgIpc) is 2.84. The van der Waals surface area contributed by atoms with Crippen molar-refractivity contribution in [3.05, 3.63) is 12.2 Å². The van der Waals surface area contributed by atoms with Crippen molar-refractivity contribution in [2.75, 3.05) is 0 Å². The Bertz CT molecular complexity index is 565. The van der Waals surface area contributed by atoms with E-state index >= 15 is 0 Å². The Labute approximate surface area is 130 Å². The van der Waals surface area contributed by atoms with Gasteiger partial charge in [-0.2, -0.15) is 0 Å². The zero-order valence-electron chi connectivity index (χ0n) is 13.4. The third kappa shape index (κ3) is 1.94. The Hall–Kier alpha value is -1.65. The van der Waals surface area contributed by atoms with Crippen LogP contribution in [0.2, 0.25) is 0 Å². The number of hydrogen-bond acceptors (Lipinski definition) is 5. The Kier molecular flexibility index (Phi) is 3.42. The molecule has 7 atom stereocenters. The average molecular weight is 306 g/mol. The van der Waals surface area contributed by atoms with E-state index in [1.54, 1.807) is 13.0 Å². The molecule has 0 spiro atoms. The van der Waals surface area contributed by atoms with Gasteiger partial charge in [0.25, 0.3) is 0 Å². The quantitative estimate of drug-likeness (QED) is 0.692. The highest BCUT2D eigenvalue weighted by Gasteiger charge is 2.62. The van der Waals surface area contributed by atoms with Crippen molar-refractivity contribution in [3.63, 3.8) is 0 Å². The van der Waals surface area contributed by atoms with E-state index in [1.807, 2.05) is 13.0 Å². The van der Waals surface area contributed by atoms with Crippen LogP contribution < -0.4 is 0 Å². The van der Waals surface area contributed by atoms with Crippen LogP contribution in [0, 0.1) is 29.1 Å². The van der Waals surface area contributed by atoms with Gasteiger partial charge in [0.05, 0.1) is 11.3 Å². The van der Waals surface area contributed by atoms with Gasteiger partial charge in [-0.1, -0.05) is 19.9 Å². The van der Waals surface area contributed by atoms with Gasteiger partial charge in [-0.05, 0) is 31.3 Å². The minimum atomic E-state index is -0.813. The van der Waals surface area contributed by atoms with Crippen LogP contribution in [0.4, 0.5) is 0 Å². The summed E-state index contributed by atoms with van der Waals surface area (Å²) in [4.78, 5) is 36.2. The van der Waals surface area contributed by atoms with Crippen LogP contribution in [0.3, 0.4) is 0 Å². The second-order valence-corrected chi connectivity index (χ2v) is 7.12. The lowest BCUT2D eigenvalue weighted by Gasteiger charge is -2.40. The number of hydrogen-bond donors (Lipinski definition) is 0. The summed E-state index contributed by atoms with van der Waals surface area (Å²) in [6, 6.07) is 0. The van der Waals surface area contributed by atoms with E-state index in [2.05, 4.69) is 6.92 Å². The highest BCUT2D eigenvalue weighted by molar-refractivity contribution is 5.98. The van der Waals surface area contributed by atoms with Crippen molar-refractivity contribution < 1.29 is 23.9 Å². The normalized spacial score (nSPS) is 46.7. The molecule has 3 rings (SSSR count). The molecule has 0 N–H and O–H groups in total. The van der Waals surface area contributed by atoms with E-state index in [0.29, 0.717) is 6.42 Å². The van der Waals surface area contributed by atoms with Gasteiger partial charge >= 0.3 is 11.9 Å². The van der Waals surface area contributed by atoms with Gasteiger partial charge in [-0.15, -0.1) is 0 Å². The molecule has 0 radical (unpaired) electrons. The molecule has 120 valence electrons. The third-order valence-electron chi connectivity index (χ3n) is 5.77. The number of ether oxygens (including phenoxy) is 2. The molecule has 1 heterocycles. The van der Waals surface area contributed by atoms with E-state index in [-0.39, 0.29) is 41.5 Å². The van der Waals surface area contributed by atoms with Gasteiger partial charge in [0.15, 0.2) is 5.78 Å². The summed E-state index contributed by atoms with van der Waals surface area (Å²) in [5.41, 5.74) is -0.813. The van der Waals surface area contributed by atoms with E-state index < -0.39 is 17.5 Å². The molecule has 1 aliphatic heterocycles. The second-order valence-electron chi connectivity index (χ2n) is 7.12. The lowest BCUT2D eigenvalue weighted by molar-refractivity contribution is -0.165. The Balaban J connectivity index is 2.10. The first-order chi connectivity index (χ1) is 10.3. The van der Waals surface area contributed by atoms with Crippen LogP contribution in [0.15, 0.2) is 12.2 Å². The number of rotatable bonds is 1.